The van der Waals surface area contributed by atoms with Gasteiger partial charge in [-0.2, -0.15) is 0 Å². The van der Waals surface area contributed by atoms with Crippen molar-refractivity contribution in [3.05, 3.63) is 63.6 Å². The molecule has 0 aliphatic heterocycles. The molecule has 0 heterocycles. The first-order valence-electron chi connectivity index (χ1n) is 6.65. The van der Waals surface area contributed by atoms with Gasteiger partial charge in [0.05, 0.1) is 5.56 Å². The van der Waals surface area contributed by atoms with Crippen LogP contribution >= 0.6 is 15.9 Å². The zero-order valence-electron chi connectivity index (χ0n) is 11.9. The van der Waals surface area contributed by atoms with Crippen LogP contribution in [0, 0.1) is 6.92 Å². The molecule has 20 heavy (non-hydrogen) atoms. The number of hydrogen-bond acceptors (Lipinski definition) is 1. The number of hydrogen-bond donors (Lipinski definition) is 1. The molecule has 0 aromatic heterocycles. The summed E-state index contributed by atoms with van der Waals surface area (Å²) >= 11 is 3.44. The van der Waals surface area contributed by atoms with Gasteiger partial charge < -0.3 is 5.32 Å². The van der Waals surface area contributed by atoms with Gasteiger partial charge >= 0.3 is 0 Å². The predicted molar refractivity (Wildman–Crippen MR) is 87.4 cm³/mol. The minimum atomic E-state index is -0.0993. The van der Waals surface area contributed by atoms with Crippen molar-refractivity contribution in [2.45, 2.75) is 26.7 Å². The average molecular weight is 332 g/mol. The maximum absolute atomic E-state index is 12.3. The van der Waals surface area contributed by atoms with Crippen molar-refractivity contribution in [2.24, 2.45) is 0 Å². The average Bonchev–Trinajstić information content (AvgIpc) is 2.38. The van der Waals surface area contributed by atoms with Crippen molar-refractivity contribution in [3.8, 4) is 0 Å². The summed E-state index contributed by atoms with van der Waals surface area (Å²) in [5.74, 6) is 0.343. The third-order valence-corrected chi connectivity index (χ3v) is 3.84. The van der Waals surface area contributed by atoms with E-state index < -0.39 is 0 Å². The summed E-state index contributed by atoms with van der Waals surface area (Å²) < 4.78 is 0.815. The number of rotatable bonds is 3. The van der Waals surface area contributed by atoms with Crippen molar-refractivity contribution in [1.82, 2.24) is 0 Å². The van der Waals surface area contributed by atoms with E-state index in [4.69, 9.17) is 0 Å². The normalized spacial score (nSPS) is 10.7. The fraction of sp³-hybridized carbons (Fsp3) is 0.235. The zero-order chi connectivity index (χ0) is 14.7. The first-order valence-corrected chi connectivity index (χ1v) is 7.44. The molecule has 2 rings (SSSR count). The van der Waals surface area contributed by atoms with E-state index in [0.717, 1.165) is 15.7 Å². The lowest BCUT2D eigenvalue weighted by atomic mass is 10.0. The molecule has 0 aliphatic rings. The van der Waals surface area contributed by atoms with Gasteiger partial charge in [-0.3, -0.25) is 4.79 Å². The summed E-state index contributed by atoms with van der Waals surface area (Å²) in [5.41, 5.74) is 3.81. The van der Waals surface area contributed by atoms with E-state index in [1.807, 2.05) is 43.3 Å². The minimum absolute atomic E-state index is 0.0993. The summed E-state index contributed by atoms with van der Waals surface area (Å²) in [4.78, 5) is 12.3. The molecule has 0 bridgehead atoms. The number of benzene rings is 2. The van der Waals surface area contributed by atoms with Crippen LogP contribution < -0.4 is 5.32 Å². The largest absolute Gasteiger partial charge is 0.322 e. The van der Waals surface area contributed by atoms with Gasteiger partial charge in [0.1, 0.15) is 0 Å². The highest BCUT2D eigenvalue weighted by Crippen LogP contribution is 2.22. The van der Waals surface area contributed by atoms with Gasteiger partial charge in [-0.1, -0.05) is 32.0 Å². The number of carbonyl (C=O) groups excluding carboxylic acids is 1. The monoisotopic (exact) mass is 331 g/mol. The Balaban J connectivity index is 2.21. The molecule has 0 radical (unpaired) electrons. The molecule has 0 unspecified atom stereocenters. The number of nitrogens with one attached hydrogen (secondary N) is 1. The van der Waals surface area contributed by atoms with Gasteiger partial charge in [-0.15, -0.1) is 0 Å². The van der Waals surface area contributed by atoms with Gasteiger partial charge in [-0.25, -0.2) is 0 Å². The standard InChI is InChI=1S/C17H18BrNO/c1-11(2)13-5-4-6-14(10-13)19-17(20)15-8-7-12(3)9-16(15)18/h4-11H,1-3H3,(H,19,20). The Bertz CT molecular complexity index is 635. The predicted octanol–water partition coefficient (Wildman–Crippen LogP) is 5.13. The first-order chi connectivity index (χ1) is 9.47. The van der Waals surface area contributed by atoms with Crippen LogP contribution in [0.1, 0.15) is 41.3 Å². The zero-order valence-corrected chi connectivity index (χ0v) is 13.5. The Kier molecular flexibility index (Phi) is 4.61. The Hall–Kier alpha value is -1.61. The second-order valence-corrected chi connectivity index (χ2v) is 6.07. The van der Waals surface area contributed by atoms with Gasteiger partial charge in [-0.05, 0) is 64.2 Å². The molecule has 3 heteroatoms. The molecular formula is C17H18BrNO. The van der Waals surface area contributed by atoms with Crippen LogP contribution in [-0.4, -0.2) is 5.91 Å². The van der Waals surface area contributed by atoms with Crippen LogP contribution in [0.25, 0.3) is 0 Å². The number of carbonyl (C=O) groups is 1. The quantitative estimate of drug-likeness (QED) is 0.829. The molecule has 0 spiro atoms. The van der Waals surface area contributed by atoms with Crippen LogP contribution in [0.3, 0.4) is 0 Å². The minimum Gasteiger partial charge on any atom is -0.322 e. The lowest BCUT2D eigenvalue weighted by Crippen LogP contribution is -2.12. The maximum Gasteiger partial charge on any atom is 0.256 e. The Morgan fingerprint density at radius 2 is 1.90 bits per heavy atom. The maximum atomic E-state index is 12.3. The van der Waals surface area contributed by atoms with E-state index in [-0.39, 0.29) is 5.91 Å². The van der Waals surface area contributed by atoms with Crippen LogP contribution in [0.4, 0.5) is 5.69 Å². The Morgan fingerprint density at radius 3 is 2.55 bits per heavy atom. The molecule has 2 nitrogen and oxygen atoms in total. The second-order valence-electron chi connectivity index (χ2n) is 5.22. The van der Waals surface area contributed by atoms with Gasteiger partial charge in [0, 0.05) is 10.2 Å². The topological polar surface area (TPSA) is 29.1 Å². The lowest BCUT2D eigenvalue weighted by molar-refractivity contribution is 0.102. The Morgan fingerprint density at radius 1 is 1.15 bits per heavy atom. The Labute approximate surface area is 128 Å². The smallest absolute Gasteiger partial charge is 0.256 e. The summed E-state index contributed by atoms with van der Waals surface area (Å²) in [6.07, 6.45) is 0. The summed E-state index contributed by atoms with van der Waals surface area (Å²) in [6, 6.07) is 13.7. The molecule has 2 aromatic rings. The highest BCUT2D eigenvalue weighted by atomic mass is 79.9. The van der Waals surface area contributed by atoms with Gasteiger partial charge in [0.2, 0.25) is 0 Å². The molecule has 0 aliphatic carbocycles. The van der Waals surface area contributed by atoms with Crippen LogP contribution in [0.5, 0.6) is 0 Å². The van der Waals surface area contributed by atoms with Crippen molar-refractivity contribution < 1.29 is 4.79 Å². The molecule has 0 saturated carbocycles. The first kappa shape index (κ1) is 14.8. The number of aryl methyl sites for hydroxylation is 1. The second kappa shape index (κ2) is 6.23. The van der Waals surface area contributed by atoms with E-state index >= 15 is 0 Å². The van der Waals surface area contributed by atoms with E-state index in [0.29, 0.717) is 11.5 Å². The molecule has 0 saturated heterocycles. The highest BCUT2D eigenvalue weighted by molar-refractivity contribution is 9.10. The van der Waals surface area contributed by atoms with Crippen molar-refractivity contribution in [3.63, 3.8) is 0 Å². The molecule has 1 N–H and O–H groups in total. The number of halogens is 1. The van der Waals surface area contributed by atoms with Crippen LogP contribution in [0.15, 0.2) is 46.9 Å². The van der Waals surface area contributed by atoms with Crippen LogP contribution in [0.2, 0.25) is 0 Å². The molecule has 2 aromatic carbocycles. The lowest BCUT2D eigenvalue weighted by Gasteiger charge is -2.10. The fourth-order valence-corrected chi connectivity index (χ4v) is 2.65. The van der Waals surface area contributed by atoms with Crippen molar-refractivity contribution in [1.29, 1.82) is 0 Å². The third-order valence-electron chi connectivity index (χ3n) is 3.18. The van der Waals surface area contributed by atoms with E-state index in [2.05, 4.69) is 41.2 Å². The summed E-state index contributed by atoms with van der Waals surface area (Å²) in [5, 5.41) is 2.94. The van der Waals surface area contributed by atoms with E-state index in [1.165, 1.54) is 5.56 Å². The molecule has 0 atom stereocenters. The van der Waals surface area contributed by atoms with Gasteiger partial charge in [0.15, 0.2) is 0 Å². The highest BCUT2D eigenvalue weighted by Gasteiger charge is 2.10. The molecule has 1 amide bonds. The van der Waals surface area contributed by atoms with E-state index in [9.17, 15) is 4.79 Å². The number of anilines is 1. The van der Waals surface area contributed by atoms with E-state index in [1.54, 1.807) is 0 Å². The van der Waals surface area contributed by atoms with Crippen LogP contribution in [-0.2, 0) is 0 Å². The molecule has 0 fully saturated rings. The van der Waals surface area contributed by atoms with Crippen molar-refractivity contribution >= 4 is 27.5 Å². The SMILES string of the molecule is Cc1ccc(C(=O)Nc2cccc(C(C)C)c2)c(Br)c1. The fourth-order valence-electron chi connectivity index (χ4n) is 1.98. The van der Waals surface area contributed by atoms with Crippen molar-refractivity contribution in [2.75, 3.05) is 5.32 Å². The molecule has 104 valence electrons. The summed E-state index contributed by atoms with van der Waals surface area (Å²) in [6.45, 7) is 6.27. The molecular weight excluding hydrogens is 314 g/mol. The van der Waals surface area contributed by atoms with Gasteiger partial charge in [0.25, 0.3) is 5.91 Å². The number of amides is 1. The summed E-state index contributed by atoms with van der Waals surface area (Å²) in [7, 11) is 0. The third kappa shape index (κ3) is 3.48.